The molecule has 3 aromatic carbocycles. The molecule has 3 aromatic rings. The Bertz CT molecular complexity index is 947. The molecule has 0 radical (unpaired) electrons. The maximum Gasteiger partial charge on any atom is 0.276 e. The first-order chi connectivity index (χ1) is 14.1. The van der Waals surface area contributed by atoms with E-state index in [1.54, 1.807) is 18.2 Å². The second-order valence-corrected chi connectivity index (χ2v) is 6.45. The SMILES string of the molecule is O=C(/C=C/c1ccccc1[N+](=O)[O-])NN(Cc1ccccc1)Cc1ccccc1. The van der Waals surface area contributed by atoms with Crippen LogP contribution in [0.4, 0.5) is 5.69 Å². The minimum Gasteiger partial charge on any atom is -0.285 e. The van der Waals surface area contributed by atoms with Crippen molar-refractivity contribution in [2.24, 2.45) is 0 Å². The van der Waals surface area contributed by atoms with Crippen LogP contribution in [-0.2, 0) is 17.9 Å². The molecule has 0 spiro atoms. The first-order valence-electron chi connectivity index (χ1n) is 9.17. The van der Waals surface area contributed by atoms with Crippen LogP contribution in [0.2, 0.25) is 0 Å². The number of carbonyl (C=O) groups is 1. The van der Waals surface area contributed by atoms with Gasteiger partial charge in [0.2, 0.25) is 0 Å². The van der Waals surface area contributed by atoms with Crippen molar-refractivity contribution in [3.63, 3.8) is 0 Å². The van der Waals surface area contributed by atoms with Gasteiger partial charge in [-0.05, 0) is 23.3 Å². The van der Waals surface area contributed by atoms with Gasteiger partial charge in [-0.2, -0.15) is 0 Å². The summed E-state index contributed by atoms with van der Waals surface area (Å²) in [5.41, 5.74) is 5.33. The number of nitro benzene ring substituents is 1. The summed E-state index contributed by atoms with van der Waals surface area (Å²) in [6.07, 6.45) is 2.77. The first kappa shape index (κ1) is 20.0. The Labute approximate surface area is 169 Å². The van der Waals surface area contributed by atoms with Crippen LogP contribution in [0.1, 0.15) is 16.7 Å². The molecule has 6 heteroatoms. The molecular weight excluding hydrogens is 366 g/mol. The Balaban J connectivity index is 1.72. The molecule has 0 atom stereocenters. The summed E-state index contributed by atoms with van der Waals surface area (Å²) in [5.74, 6) is -0.352. The smallest absolute Gasteiger partial charge is 0.276 e. The molecule has 0 heterocycles. The van der Waals surface area contributed by atoms with Gasteiger partial charge in [0.15, 0.2) is 0 Å². The number of hydrazine groups is 1. The molecule has 0 aliphatic carbocycles. The van der Waals surface area contributed by atoms with Crippen LogP contribution in [0.15, 0.2) is 91.0 Å². The number of nitrogens with one attached hydrogen (secondary N) is 1. The fraction of sp³-hybridized carbons (Fsp3) is 0.0870. The number of rotatable bonds is 8. The van der Waals surface area contributed by atoms with E-state index < -0.39 is 4.92 Å². The molecule has 29 heavy (non-hydrogen) atoms. The number of nitro groups is 1. The lowest BCUT2D eigenvalue weighted by Crippen LogP contribution is -2.40. The topological polar surface area (TPSA) is 75.5 Å². The first-order valence-corrected chi connectivity index (χ1v) is 9.17. The van der Waals surface area contributed by atoms with E-state index in [2.05, 4.69) is 5.43 Å². The second kappa shape index (κ2) is 9.96. The van der Waals surface area contributed by atoms with Crippen molar-refractivity contribution in [3.8, 4) is 0 Å². The van der Waals surface area contributed by atoms with Crippen LogP contribution >= 0.6 is 0 Å². The quantitative estimate of drug-likeness (QED) is 0.354. The number of benzene rings is 3. The molecule has 6 nitrogen and oxygen atoms in total. The van der Waals surface area contributed by atoms with Gasteiger partial charge < -0.3 is 0 Å². The van der Waals surface area contributed by atoms with Crippen LogP contribution in [0.5, 0.6) is 0 Å². The molecule has 0 aromatic heterocycles. The third-order valence-corrected chi connectivity index (χ3v) is 4.25. The summed E-state index contributed by atoms with van der Waals surface area (Å²) in [5, 5.41) is 12.9. The average molecular weight is 387 g/mol. The molecule has 146 valence electrons. The van der Waals surface area contributed by atoms with Crippen LogP contribution in [0.3, 0.4) is 0 Å². The van der Waals surface area contributed by atoms with E-state index in [9.17, 15) is 14.9 Å². The normalized spacial score (nSPS) is 10.9. The lowest BCUT2D eigenvalue weighted by atomic mass is 10.1. The van der Waals surface area contributed by atoms with Crippen molar-refractivity contribution in [1.82, 2.24) is 10.4 Å². The van der Waals surface area contributed by atoms with Gasteiger partial charge in [-0.1, -0.05) is 72.8 Å². The Morgan fingerprint density at radius 2 is 1.38 bits per heavy atom. The van der Waals surface area contributed by atoms with E-state index in [0.29, 0.717) is 18.7 Å². The standard InChI is InChI=1S/C23H21N3O3/c27-23(16-15-21-13-7-8-14-22(21)26(28)29)24-25(17-19-9-3-1-4-10-19)18-20-11-5-2-6-12-20/h1-16H,17-18H2,(H,24,27)/b16-15+. The van der Waals surface area contributed by atoms with E-state index in [0.717, 1.165) is 11.1 Å². The predicted octanol–water partition coefficient (Wildman–Crippen LogP) is 4.34. The Morgan fingerprint density at radius 3 is 1.93 bits per heavy atom. The highest BCUT2D eigenvalue weighted by Gasteiger charge is 2.12. The van der Waals surface area contributed by atoms with Gasteiger partial charge in [0.05, 0.1) is 10.5 Å². The fourth-order valence-corrected chi connectivity index (χ4v) is 2.90. The molecule has 0 aliphatic rings. The maximum atomic E-state index is 12.5. The van der Waals surface area contributed by atoms with Crippen LogP contribution < -0.4 is 5.43 Å². The molecule has 0 saturated heterocycles. The largest absolute Gasteiger partial charge is 0.285 e. The Kier molecular flexibility index (Phi) is 6.86. The van der Waals surface area contributed by atoms with Crippen molar-refractivity contribution in [2.45, 2.75) is 13.1 Å². The molecule has 0 bridgehead atoms. The van der Waals surface area contributed by atoms with E-state index in [1.807, 2.05) is 65.7 Å². The van der Waals surface area contributed by atoms with E-state index >= 15 is 0 Å². The minimum absolute atomic E-state index is 0.0398. The van der Waals surface area contributed by atoms with Gasteiger partial charge >= 0.3 is 0 Å². The van der Waals surface area contributed by atoms with Gasteiger partial charge in [-0.3, -0.25) is 20.3 Å². The Hall–Kier alpha value is -3.77. The lowest BCUT2D eigenvalue weighted by Gasteiger charge is -2.22. The van der Waals surface area contributed by atoms with Gasteiger partial charge in [0.25, 0.3) is 11.6 Å². The molecule has 1 amide bonds. The van der Waals surface area contributed by atoms with Gasteiger partial charge in [-0.25, -0.2) is 5.01 Å². The summed E-state index contributed by atoms with van der Waals surface area (Å²) < 4.78 is 0. The van der Waals surface area contributed by atoms with Crippen molar-refractivity contribution >= 4 is 17.7 Å². The van der Waals surface area contributed by atoms with E-state index in [-0.39, 0.29) is 11.6 Å². The molecule has 0 unspecified atom stereocenters. The minimum atomic E-state index is -0.464. The molecule has 0 fully saturated rings. The van der Waals surface area contributed by atoms with E-state index in [4.69, 9.17) is 0 Å². The molecule has 3 rings (SSSR count). The number of para-hydroxylation sites is 1. The van der Waals surface area contributed by atoms with Gasteiger partial charge in [0.1, 0.15) is 0 Å². The molecule has 1 N–H and O–H groups in total. The van der Waals surface area contributed by atoms with Crippen molar-refractivity contribution in [2.75, 3.05) is 0 Å². The third kappa shape index (κ3) is 6.12. The highest BCUT2D eigenvalue weighted by molar-refractivity contribution is 5.92. The van der Waals surface area contributed by atoms with E-state index in [1.165, 1.54) is 18.2 Å². The molecule has 0 saturated carbocycles. The van der Waals surface area contributed by atoms with Gasteiger partial charge in [-0.15, -0.1) is 0 Å². The van der Waals surface area contributed by atoms with Crippen LogP contribution in [-0.4, -0.2) is 15.8 Å². The Morgan fingerprint density at radius 1 is 0.862 bits per heavy atom. The molecule has 0 aliphatic heterocycles. The van der Waals surface area contributed by atoms with Crippen LogP contribution in [0.25, 0.3) is 6.08 Å². The zero-order chi connectivity index (χ0) is 20.5. The summed E-state index contributed by atoms with van der Waals surface area (Å²) in [4.78, 5) is 23.1. The zero-order valence-electron chi connectivity index (χ0n) is 15.8. The number of amides is 1. The third-order valence-electron chi connectivity index (χ3n) is 4.25. The maximum absolute atomic E-state index is 12.5. The number of hydrogen-bond acceptors (Lipinski definition) is 4. The highest BCUT2D eigenvalue weighted by Crippen LogP contribution is 2.18. The van der Waals surface area contributed by atoms with Gasteiger partial charge in [0, 0.05) is 25.2 Å². The monoisotopic (exact) mass is 387 g/mol. The van der Waals surface area contributed by atoms with Crippen LogP contribution in [0, 0.1) is 10.1 Å². The summed E-state index contributed by atoms with van der Waals surface area (Å²) in [7, 11) is 0. The number of hydrogen-bond donors (Lipinski definition) is 1. The number of nitrogens with zero attached hydrogens (tertiary/aromatic N) is 2. The zero-order valence-corrected chi connectivity index (χ0v) is 15.8. The highest BCUT2D eigenvalue weighted by atomic mass is 16.6. The van der Waals surface area contributed by atoms with Crippen molar-refractivity contribution < 1.29 is 9.72 Å². The number of carbonyl (C=O) groups excluding carboxylic acids is 1. The lowest BCUT2D eigenvalue weighted by molar-refractivity contribution is -0.385. The molecular formula is C23H21N3O3. The summed E-state index contributed by atoms with van der Waals surface area (Å²) >= 11 is 0. The summed E-state index contributed by atoms with van der Waals surface area (Å²) in [6.45, 7) is 1.06. The van der Waals surface area contributed by atoms with Crippen molar-refractivity contribution in [1.29, 1.82) is 0 Å². The summed E-state index contributed by atoms with van der Waals surface area (Å²) in [6, 6.07) is 26.0. The van der Waals surface area contributed by atoms with Crippen molar-refractivity contribution in [3.05, 3.63) is 118 Å². The fourth-order valence-electron chi connectivity index (χ4n) is 2.90. The predicted molar refractivity (Wildman–Crippen MR) is 112 cm³/mol. The second-order valence-electron chi connectivity index (χ2n) is 6.45. The average Bonchev–Trinajstić information content (AvgIpc) is 2.74.